The van der Waals surface area contributed by atoms with E-state index in [4.69, 9.17) is 18.9 Å². The molecule has 0 aromatic carbocycles. The van der Waals surface area contributed by atoms with E-state index in [1.807, 2.05) is 0 Å². The highest BCUT2D eigenvalue weighted by molar-refractivity contribution is 5.81. The molecule has 8 heteroatoms. The topological polar surface area (TPSA) is 112 Å². The fourth-order valence-electron chi connectivity index (χ4n) is 2.88. The van der Waals surface area contributed by atoms with Gasteiger partial charge in [0.2, 0.25) is 0 Å². The Morgan fingerprint density at radius 3 is 1.46 bits per heavy atom. The first-order valence-corrected chi connectivity index (χ1v) is 9.54. The van der Waals surface area contributed by atoms with Crippen molar-refractivity contribution in [2.75, 3.05) is 39.6 Å². The van der Waals surface area contributed by atoms with Crippen LogP contribution >= 0.6 is 0 Å². The molecule has 0 saturated heterocycles. The number of rotatable bonds is 14. The average Bonchev–Trinajstić information content (AvgIpc) is 2.71. The minimum absolute atomic E-state index is 0.104. The molecule has 8 nitrogen and oxygen atoms in total. The molecule has 1 rings (SSSR count). The quantitative estimate of drug-likeness (QED) is 0.328. The van der Waals surface area contributed by atoms with Crippen LogP contribution in [-0.2, 0) is 28.5 Å². The molecule has 2 N–H and O–H groups in total. The summed E-state index contributed by atoms with van der Waals surface area (Å²) in [6.45, 7) is 7.74. The molecule has 0 amide bonds. The molecule has 0 spiro atoms. The Balaban J connectivity index is 2.04. The first kappa shape index (κ1) is 24.3. The van der Waals surface area contributed by atoms with Crippen LogP contribution in [0, 0.1) is 11.8 Å². The molecule has 0 aromatic rings. The molecular weight excluding hydrogens is 368 g/mol. The number of esters is 2. The minimum atomic E-state index is -0.842. The van der Waals surface area contributed by atoms with Crippen LogP contribution in [0.5, 0.6) is 0 Å². The van der Waals surface area contributed by atoms with Gasteiger partial charge in [-0.3, -0.25) is 0 Å². The standard InChI is InChI=1S/C20H32O8/c1-3-19(23)27-13-17(21)11-25-9-15-5-7-16(8-6-15)10-26-12-18(22)14-28-20(24)4-2/h3-4,15-18,21-22H,1-2,5-14H2. The van der Waals surface area contributed by atoms with Crippen LogP contribution in [-0.4, -0.2) is 74.0 Å². The Kier molecular flexibility index (Phi) is 12.4. The minimum Gasteiger partial charge on any atom is -0.460 e. The zero-order valence-corrected chi connectivity index (χ0v) is 16.3. The number of ether oxygens (including phenoxy) is 4. The van der Waals surface area contributed by atoms with Gasteiger partial charge in [0.1, 0.15) is 25.4 Å². The van der Waals surface area contributed by atoms with Crippen LogP contribution in [0.15, 0.2) is 25.3 Å². The van der Waals surface area contributed by atoms with E-state index >= 15 is 0 Å². The van der Waals surface area contributed by atoms with Gasteiger partial charge in [0.15, 0.2) is 0 Å². The predicted octanol–water partition coefficient (Wildman–Crippen LogP) is 1.01. The second kappa shape index (κ2) is 14.3. The SMILES string of the molecule is C=CC(=O)OCC(O)COCC1CCC(COCC(O)COC(=O)C=C)CC1. The van der Waals surface area contributed by atoms with Crippen LogP contribution in [0.1, 0.15) is 25.7 Å². The second-order valence-electron chi connectivity index (χ2n) is 6.94. The normalized spacial score (nSPS) is 21.4. The van der Waals surface area contributed by atoms with E-state index in [-0.39, 0.29) is 26.4 Å². The van der Waals surface area contributed by atoms with Gasteiger partial charge in [-0.2, -0.15) is 0 Å². The molecule has 0 aromatic heterocycles. The number of hydrogen-bond donors (Lipinski definition) is 2. The van der Waals surface area contributed by atoms with Crippen molar-refractivity contribution in [3.8, 4) is 0 Å². The van der Waals surface area contributed by atoms with Crippen molar-refractivity contribution >= 4 is 11.9 Å². The molecule has 160 valence electrons. The largest absolute Gasteiger partial charge is 0.460 e. The predicted molar refractivity (Wildman–Crippen MR) is 101 cm³/mol. The maximum Gasteiger partial charge on any atom is 0.330 e. The number of aliphatic hydroxyl groups is 2. The average molecular weight is 400 g/mol. The van der Waals surface area contributed by atoms with Crippen LogP contribution in [0.2, 0.25) is 0 Å². The van der Waals surface area contributed by atoms with Gasteiger partial charge in [-0.1, -0.05) is 13.2 Å². The first-order chi connectivity index (χ1) is 13.4. The Labute approximate surface area is 166 Å². The lowest BCUT2D eigenvalue weighted by atomic mass is 9.83. The molecule has 28 heavy (non-hydrogen) atoms. The van der Waals surface area contributed by atoms with Gasteiger partial charge in [-0.15, -0.1) is 0 Å². The van der Waals surface area contributed by atoms with E-state index < -0.39 is 24.1 Å². The number of hydrogen-bond acceptors (Lipinski definition) is 8. The summed E-state index contributed by atoms with van der Waals surface area (Å²) >= 11 is 0. The zero-order valence-electron chi connectivity index (χ0n) is 16.3. The van der Waals surface area contributed by atoms with Gasteiger partial charge in [0.05, 0.1) is 13.2 Å². The molecule has 0 aliphatic heterocycles. The maximum atomic E-state index is 10.9. The lowest BCUT2D eigenvalue weighted by Gasteiger charge is -2.28. The van der Waals surface area contributed by atoms with Crippen molar-refractivity contribution in [1.29, 1.82) is 0 Å². The Bertz CT molecular complexity index is 441. The summed E-state index contributed by atoms with van der Waals surface area (Å²) in [7, 11) is 0. The van der Waals surface area contributed by atoms with Crippen molar-refractivity contribution < 1.29 is 38.7 Å². The summed E-state index contributed by atoms with van der Waals surface area (Å²) in [4.78, 5) is 21.8. The zero-order chi connectivity index (χ0) is 20.8. The molecule has 1 aliphatic carbocycles. The number of carbonyl (C=O) groups excluding carboxylic acids is 2. The van der Waals surface area contributed by atoms with Gasteiger partial charge < -0.3 is 29.2 Å². The summed E-state index contributed by atoms with van der Waals surface area (Å²) < 4.78 is 20.5. The van der Waals surface area contributed by atoms with E-state index in [0.717, 1.165) is 37.8 Å². The van der Waals surface area contributed by atoms with Gasteiger partial charge in [-0.25, -0.2) is 9.59 Å². The van der Waals surface area contributed by atoms with Crippen LogP contribution in [0.3, 0.4) is 0 Å². The smallest absolute Gasteiger partial charge is 0.330 e. The molecule has 2 unspecified atom stereocenters. The fraction of sp³-hybridized carbons (Fsp3) is 0.700. The van der Waals surface area contributed by atoms with Crippen LogP contribution < -0.4 is 0 Å². The maximum absolute atomic E-state index is 10.9. The van der Waals surface area contributed by atoms with Gasteiger partial charge >= 0.3 is 11.9 Å². The summed E-state index contributed by atoms with van der Waals surface area (Å²) in [5.74, 6) is -0.263. The van der Waals surface area contributed by atoms with Crippen molar-refractivity contribution in [2.45, 2.75) is 37.9 Å². The third-order valence-electron chi connectivity index (χ3n) is 4.46. The van der Waals surface area contributed by atoms with E-state index in [2.05, 4.69) is 13.2 Å². The highest BCUT2D eigenvalue weighted by Crippen LogP contribution is 2.29. The Hall–Kier alpha value is -1.74. The highest BCUT2D eigenvalue weighted by atomic mass is 16.6. The summed E-state index contributed by atoms with van der Waals surface area (Å²) in [6.07, 6.45) is 4.45. The third kappa shape index (κ3) is 11.2. The first-order valence-electron chi connectivity index (χ1n) is 9.54. The van der Waals surface area contributed by atoms with Crippen molar-refractivity contribution in [3.63, 3.8) is 0 Å². The van der Waals surface area contributed by atoms with Crippen LogP contribution in [0.25, 0.3) is 0 Å². The van der Waals surface area contributed by atoms with Gasteiger partial charge in [-0.05, 0) is 37.5 Å². The molecule has 0 heterocycles. The fourth-order valence-corrected chi connectivity index (χ4v) is 2.88. The van der Waals surface area contributed by atoms with E-state index in [0.29, 0.717) is 25.0 Å². The molecular formula is C20H32O8. The summed E-state index contributed by atoms with van der Waals surface area (Å²) in [6, 6.07) is 0. The van der Waals surface area contributed by atoms with Crippen molar-refractivity contribution in [2.24, 2.45) is 11.8 Å². The number of aliphatic hydroxyl groups excluding tert-OH is 2. The van der Waals surface area contributed by atoms with Crippen molar-refractivity contribution in [1.82, 2.24) is 0 Å². The highest BCUT2D eigenvalue weighted by Gasteiger charge is 2.22. The lowest BCUT2D eigenvalue weighted by molar-refractivity contribution is -0.142. The monoisotopic (exact) mass is 400 g/mol. The molecule has 1 aliphatic rings. The molecule has 1 saturated carbocycles. The van der Waals surface area contributed by atoms with Crippen LogP contribution in [0.4, 0.5) is 0 Å². The Morgan fingerprint density at radius 1 is 0.786 bits per heavy atom. The molecule has 2 atom stereocenters. The van der Waals surface area contributed by atoms with E-state index in [1.54, 1.807) is 0 Å². The molecule has 0 radical (unpaired) electrons. The van der Waals surface area contributed by atoms with Crippen molar-refractivity contribution in [3.05, 3.63) is 25.3 Å². The number of carbonyl (C=O) groups is 2. The van der Waals surface area contributed by atoms with Gasteiger partial charge in [0, 0.05) is 25.4 Å². The third-order valence-corrected chi connectivity index (χ3v) is 4.46. The van der Waals surface area contributed by atoms with E-state index in [9.17, 15) is 19.8 Å². The Morgan fingerprint density at radius 2 is 1.14 bits per heavy atom. The summed E-state index contributed by atoms with van der Waals surface area (Å²) in [5.41, 5.74) is 0. The summed E-state index contributed by atoms with van der Waals surface area (Å²) in [5, 5.41) is 19.4. The molecule has 0 bridgehead atoms. The van der Waals surface area contributed by atoms with Gasteiger partial charge in [0.25, 0.3) is 0 Å². The lowest BCUT2D eigenvalue weighted by Crippen LogP contribution is -2.28. The second-order valence-corrected chi connectivity index (χ2v) is 6.94. The molecule has 1 fully saturated rings. The van der Waals surface area contributed by atoms with E-state index in [1.165, 1.54) is 0 Å².